The first kappa shape index (κ1) is 13.3. The summed E-state index contributed by atoms with van der Waals surface area (Å²) in [6, 6.07) is 3.97. The third-order valence-electron chi connectivity index (χ3n) is 2.43. The van der Waals surface area contributed by atoms with Gasteiger partial charge in [0.1, 0.15) is 11.9 Å². The molecule has 16 heavy (non-hydrogen) atoms. The lowest BCUT2D eigenvalue weighted by Gasteiger charge is -2.16. The molecule has 0 saturated heterocycles. The van der Waals surface area contributed by atoms with Gasteiger partial charge in [-0.2, -0.15) is 0 Å². The van der Waals surface area contributed by atoms with Crippen LogP contribution in [0.5, 0.6) is 5.75 Å². The minimum atomic E-state index is 0.167. The second kappa shape index (κ2) is 6.12. The fraction of sp³-hybridized carbons (Fsp3) is 0.538. The smallest absolute Gasteiger partial charge is 0.120 e. The number of benzene rings is 1. The predicted molar refractivity (Wildman–Crippen MR) is 69.6 cm³/mol. The molecular formula is C13H20ClNO. The van der Waals surface area contributed by atoms with Gasteiger partial charge in [0, 0.05) is 11.6 Å². The molecule has 1 aromatic carbocycles. The van der Waals surface area contributed by atoms with Gasteiger partial charge in [-0.05, 0) is 50.6 Å². The second-order valence-electron chi connectivity index (χ2n) is 4.11. The Morgan fingerprint density at radius 2 is 1.88 bits per heavy atom. The molecule has 0 bridgehead atoms. The van der Waals surface area contributed by atoms with E-state index in [2.05, 4.69) is 19.2 Å². The molecule has 0 fully saturated rings. The Hall–Kier alpha value is -0.730. The van der Waals surface area contributed by atoms with Crippen LogP contribution in [0.3, 0.4) is 0 Å². The van der Waals surface area contributed by atoms with E-state index in [4.69, 9.17) is 16.3 Å². The van der Waals surface area contributed by atoms with E-state index in [1.165, 1.54) is 0 Å². The van der Waals surface area contributed by atoms with Crippen molar-refractivity contribution in [1.82, 2.24) is 5.32 Å². The molecule has 1 atom stereocenters. The van der Waals surface area contributed by atoms with Crippen LogP contribution in [-0.4, -0.2) is 19.2 Å². The van der Waals surface area contributed by atoms with Crippen molar-refractivity contribution >= 4 is 11.6 Å². The highest BCUT2D eigenvalue weighted by Crippen LogP contribution is 2.26. The van der Waals surface area contributed by atoms with Crippen LogP contribution in [0, 0.1) is 13.8 Å². The number of rotatable bonds is 5. The molecule has 3 heteroatoms. The van der Waals surface area contributed by atoms with Gasteiger partial charge in [0.05, 0.1) is 0 Å². The number of likely N-dealkylation sites (N-methyl/N-ethyl adjacent to an activating group) is 1. The van der Waals surface area contributed by atoms with Gasteiger partial charge in [-0.15, -0.1) is 0 Å². The summed E-state index contributed by atoms with van der Waals surface area (Å²) >= 11 is 6.10. The topological polar surface area (TPSA) is 21.3 Å². The molecule has 90 valence electrons. The number of aryl methyl sites for hydroxylation is 2. The summed E-state index contributed by atoms with van der Waals surface area (Å²) in [5.74, 6) is 0.893. The quantitative estimate of drug-likeness (QED) is 0.854. The number of hydrogen-bond acceptors (Lipinski definition) is 2. The van der Waals surface area contributed by atoms with Gasteiger partial charge in [0.25, 0.3) is 0 Å². The SMILES string of the molecule is CCNCC(C)Oc1cc(C)c(Cl)c(C)c1. The van der Waals surface area contributed by atoms with Crippen molar-refractivity contribution in [2.45, 2.75) is 33.8 Å². The highest BCUT2D eigenvalue weighted by Gasteiger charge is 2.07. The first-order chi connectivity index (χ1) is 7.54. The van der Waals surface area contributed by atoms with Gasteiger partial charge in [0.15, 0.2) is 0 Å². The summed E-state index contributed by atoms with van der Waals surface area (Å²) in [6.45, 7) is 9.96. The maximum Gasteiger partial charge on any atom is 0.120 e. The molecule has 1 aromatic rings. The molecule has 0 heterocycles. The minimum Gasteiger partial charge on any atom is -0.489 e. The van der Waals surface area contributed by atoms with E-state index in [0.29, 0.717) is 0 Å². The third kappa shape index (κ3) is 3.69. The molecule has 2 nitrogen and oxygen atoms in total. The first-order valence-corrected chi connectivity index (χ1v) is 6.06. The van der Waals surface area contributed by atoms with Crippen LogP contribution in [-0.2, 0) is 0 Å². The Bertz CT molecular complexity index is 329. The Labute approximate surface area is 103 Å². The molecule has 0 aromatic heterocycles. The summed E-state index contributed by atoms with van der Waals surface area (Å²) in [4.78, 5) is 0. The lowest BCUT2D eigenvalue weighted by molar-refractivity contribution is 0.218. The monoisotopic (exact) mass is 241 g/mol. The molecule has 0 amide bonds. The van der Waals surface area contributed by atoms with Crippen LogP contribution in [0.2, 0.25) is 5.02 Å². The second-order valence-corrected chi connectivity index (χ2v) is 4.49. The molecule has 1 rings (SSSR count). The fourth-order valence-electron chi connectivity index (χ4n) is 1.60. The summed E-state index contributed by atoms with van der Waals surface area (Å²) in [6.07, 6.45) is 0.167. The van der Waals surface area contributed by atoms with Crippen molar-refractivity contribution in [2.75, 3.05) is 13.1 Å². The zero-order valence-electron chi connectivity index (χ0n) is 10.4. The largest absolute Gasteiger partial charge is 0.489 e. The molecule has 0 aliphatic carbocycles. The van der Waals surface area contributed by atoms with Gasteiger partial charge in [-0.1, -0.05) is 18.5 Å². The van der Waals surface area contributed by atoms with Crippen LogP contribution < -0.4 is 10.1 Å². The molecule has 0 aliphatic rings. The first-order valence-electron chi connectivity index (χ1n) is 5.68. The predicted octanol–water partition coefficient (Wildman–Crippen LogP) is 3.33. The molecule has 1 N–H and O–H groups in total. The van der Waals surface area contributed by atoms with E-state index in [0.717, 1.165) is 35.0 Å². The zero-order chi connectivity index (χ0) is 12.1. The normalized spacial score (nSPS) is 12.6. The highest BCUT2D eigenvalue weighted by atomic mass is 35.5. The highest BCUT2D eigenvalue weighted by molar-refractivity contribution is 6.32. The lowest BCUT2D eigenvalue weighted by Crippen LogP contribution is -2.28. The van der Waals surface area contributed by atoms with E-state index in [1.54, 1.807) is 0 Å². The molecule has 0 saturated carbocycles. The van der Waals surface area contributed by atoms with Gasteiger partial charge >= 0.3 is 0 Å². The Balaban J connectivity index is 2.67. The van der Waals surface area contributed by atoms with Crippen LogP contribution in [0.15, 0.2) is 12.1 Å². The maximum atomic E-state index is 6.10. The summed E-state index contributed by atoms with van der Waals surface area (Å²) in [5.41, 5.74) is 2.12. The Kier molecular flexibility index (Phi) is 5.10. The van der Waals surface area contributed by atoms with E-state index in [1.807, 2.05) is 26.0 Å². The van der Waals surface area contributed by atoms with Gasteiger partial charge < -0.3 is 10.1 Å². The Morgan fingerprint density at radius 1 is 1.31 bits per heavy atom. The standard InChI is InChI=1S/C13H20ClNO/c1-5-15-8-11(4)16-12-6-9(2)13(14)10(3)7-12/h6-7,11,15H,5,8H2,1-4H3. The van der Waals surface area contributed by atoms with E-state index in [9.17, 15) is 0 Å². The number of nitrogens with one attached hydrogen (secondary N) is 1. The molecular weight excluding hydrogens is 222 g/mol. The van der Waals surface area contributed by atoms with E-state index < -0.39 is 0 Å². The average Bonchev–Trinajstić information content (AvgIpc) is 2.23. The van der Waals surface area contributed by atoms with Gasteiger partial charge in [0.2, 0.25) is 0 Å². The van der Waals surface area contributed by atoms with Crippen molar-refractivity contribution in [3.05, 3.63) is 28.3 Å². The average molecular weight is 242 g/mol. The van der Waals surface area contributed by atoms with Crippen LogP contribution in [0.25, 0.3) is 0 Å². The number of halogens is 1. The van der Waals surface area contributed by atoms with Crippen molar-refractivity contribution in [1.29, 1.82) is 0 Å². The number of hydrogen-bond donors (Lipinski definition) is 1. The van der Waals surface area contributed by atoms with Gasteiger partial charge in [-0.25, -0.2) is 0 Å². The zero-order valence-corrected chi connectivity index (χ0v) is 11.2. The molecule has 0 aliphatic heterocycles. The van der Waals surface area contributed by atoms with Crippen LogP contribution in [0.4, 0.5) is 0 Å². The molecule has 1 unspecified atom stereocenters. The van der Waals surface area contributed by atoms with E-state index in [-0.39, 0.29) is 6.10 Å². The third-order valence-corrected chi connectivity index (χ3v) is 3.03. The van der Waals surface area contributed by atoms with Crippen LogP contribution >= 0.6 is 11.6 Å². The summed E-state index contributed by atoms with van der Waals surface area (Å²) in [5, 5.41) is 4.08. The van der Waals surface area contributed by atoms with Crippen LogP contribution in [0.1, 0.15) is 25.0 Å². The molecule has 0 radical (unpaired) electrons. The van der Waals surface area contributed by atoms with Crippen molar-refractivity contribution in [2.24, 2.45) is 0 Å². The van der Waals surface area contributed by atoms with Gasteiger partial charge in [-0.3, -0.25) is 0 Å². The maximum absolute atomic E-state index is 6.10. The van der Waals surface area contributed by atoms with E-state index >= 15 is 0 Å². The summed E-state index contributed by atoms with van der Waals surface area (Å²) in [7, 11) is 0. The minimum absolute atomic E-state index is 0.167. The van der Waals surface area contributed by atoms with Crippen molar-refractivity contribution in [3.8, 4) is 5.75 Å². The summed E-state index contributed by atoms with van der Waals surface area (Å²) < 4.78 is 5.81. The number of ether oxygens (including phenoxy) is 1. The Morgan fingerprint density at radius 3 is 2.38 bits per heavy atom. The van der Waals surface area contributed by atoms with Crippen molar-refractivity contribution < 1.29 is 4.74 Å². The molecule has 0 spiro atoms. The van der Waals surface area contributed by atoms with Crippen molar-refractivity contribution in [3.63, 3.8) is 0 Å². The fourth-order valence-corrected chi connectivity index (χ4v) is 1.70. The lowest BCUT2D eigenvalue weighted by atomic mass is 10.1.